The van der Waals surface area contributed by atoms with E-state index in [4.69, 9.17) is 19.1 Å². The SMILES string of the molecule is COc1nnc2c(n1)OC(c1ccc(-c3ccc([N+](=O)O)cc3)o1)Nc1ccccc1-2. The molecule has 0 bridgehead atoms. The van der Waals surface area contributed by atoms with Gasteiger partial charge in [-0.05, 0) is 30.3 Å². The maximum absolute atomic E-state index is 11.0. The quantitative estimate of drug-likeness (QED) is 0.471. The van der Waals surface area contributed by atoms with Gasteiger partial charge >= 0.3 is 11.7 Å². The van der Waals surface area contributed by atoms with Crippen molar-refractivity contribution < 1.29 is 24.0 Å². The number of aromatic nitrogens is 3. The van der Waals surface area contributed by atoms with E-state index >= 15 is 0 Å². The minimum absolute atomic E-state index is 0.0911. The van der Waals surface area contributed by atoms with Gasteiger partial charge in [0.2, 0.25) is 12.1 Å². The number of ether oxygens (including phenoxy) is 2. The standard InChI is InChI=1S/C21H16N5O5/c1-29-21-23-20-18(24-25-21)14-4-2-3-5-15(14)22-19(31-20)17-11-10-16(30-17)12-6-8-13(9-7-12)26(27)28/h2-11,19,22H,1H3,(H,27,28)/q+1. The highest BCUT2D eigenvalue weighted by Crippen LogP contribution is 2.40. The lowest BCUT2D eigenvalue weighted by Gasteiger charge is -2.16. The lowest BCUT2D eigenvalue weighted by atomic mass is 10.1. The lowest BCUT2D eigenvalue weighted by Crippen LogP contribution is -2.16. The zero-order chi connectivity index (χ0) is 21.4. The zero-order valence-electron chi connectivity index (χ0n) is 16.2. The highest BCUT2D eigenvalue weighted by molar-refractivity contribution is 5.79. The number of nitrogens with one attached hydrogen (secondary N) is 1. The van der Waals surface area contributed by atoms with Gasteiger partial charge in [-0.2, -0.15) is 4.98 Å². The average molecular weight is 418 g/mol. The summed E-state index contributed by atoms with van der Waals surface area (Å²) in [6.07, 6.45) is -0.689. The third-order valence-corrected chi connectivity index (χ3v) is 4.77. The van der Waals surface area contributed by atoms with Gasteiger partial charge in [0.05, 0.1) is 12.0 Å². The van der Waals surface area contributed by atoms with Crippen molar-refractivity contribution in [3.8, 4) is 34.5 Å². The Labute approximate surface area is 175 Å². The van der Waals surface area contributed by atoms with Gasteiger partial charge < -0.3 is 19.2 Å². The van der Waals surface area contributed by atoms with E-state index in [9.17, 15) is 4.91 Å². The van der Waals surface area contributed by atoms with Gasteiger partial charge in [0.1, 0.15) is 5.76 Å². The van der Waals surface area contributed by atoms with Crippen LogP contribution in [0.4, 0.5) is 11.4 Å². The van der Waals surface area contributed by atoms with E-state index in [0.29, 0.717) is 17.2 Å². The molecule has 0 spiro atoms. The second kappa shape index (κ2) is 7.41. The molecule has 1 atom stereocenters. The van der Waals surface area contributed by atoms with Crippen LogP contribution in [0.3, 0.4) is 0 Å². The molecule has 5 rings (SSSR count). The van der Waals surface area contributed by atoms with E-state index < -0.39 is 6.23 Å². The van der Waals surface area contributed by atoms with Crippen molar-refractivity contribution >= 4 is 11.4 Å². The molecule has 2 aromatic heterocycles. The largest absolute Gasteiger partial charge is 0.466 e. The van der Waals surface area contributed by atoms with E-state index in [1.807, 2.05) is 24.3 Å². The van der Waals surface area contributed by atoms with Gasteiger partial charge in [0.25, 0.3) is 4.92 Å². The first kappa shape index (κ1) is 18.6. The Hall–Kier alpha value is -4.47. The number of hydrogen-bond donors (Lipinski definition) is 2. The molecule has 3 heterocycles. The maximum Gasteiger partial charge on any atom is 0.338 e. The van der Waals surface area contributed by atoms with Crippen LogP contribution >= 0.6 is 0 Å². The molecule has 0 radical (unpaired) electrons. The lowest BCUT2D eigenvalue weighted by molar-refractivity contribution is -0.729. The maximum atomic E-state index is 11.0. The molecule has 10 nitrogen and oxygen atoms in total. The van der Waals surface area contributed by atoms with Gasteiger partial charge in [0, 0.05) is 28.9 Å². The molecule has 0 amide bonds. The van der Waals surface area contributed by atoms with Crippen LogP contribution in [0, 0.1) is 4.91 Å². The molecule has 2 N–H and O–H groups in total. The summed E-state index contributed by atoms with van der Waals surface area (Å²) >= 11 is 0. The van der Waals surface area contributed by atoms with E-state index in [-0.39, 0.29) is 22.5 Å². The van der Waals surface area contributed by atoms with Crippen LogP contribution in [0.25, 0.3) is 22.6 Å². The Morgan fingerprint density at radius 3 is 2.65 bits per heavy atom. The number of nitrogens with zero attached hydrogens (tertiary/aromatic N) is 4. The van der Waals surface area contributed by atoms with E-state index in [1.54, 1.807) is 24.3 Å². The highest BCUT2D eigenvalue weighted by Gasteiger charge is 2.28. The monoisotopic (exact) mass is 418 g/mol. The van der Waals surface area contributed by atoms with Crippen LogP contribution in [-0.4, -0.2) is 32.4 Å². The molecular weight excluding hydrogens is 402 g/mol. The van der Waals surface area contributed by atoms with Crippen molar-refractivity contribution in [2.24, 2.45) is 0 Å². The van der Waals surface area contributed by atoms with Crippen LogP contribution in [0.2, 0.25) is 0 Å². The summed E-state index contributed by atoms with van der Waals surface area (Å²) in [5.74, 6) is 1.33. The summed E-state index contributed by atoms with van der Waals surface area (Å²) in [6, 6.07) is 17.6. The molecule has 4 aromatic rings. The smallest absolute Gasteiger partial charge is 0.338 e. The van der Waals surface area contributed by atoms with E-state index in [0.717, 1.165) is 16.8 Å². The summed E-state index contributed by atoms with van der Waals surface area (Å²) in [5, 5.41) is 20.5. The molecule has 0 saturated heterocycles. The predicted molar refractivity (Wildman–Crippen MR) is 108 cm³/mol. The zero-order valence-corrected chi connectivity index (χ0v) is 16.2. The number of rotatable bonds is 4. The first-order valence-electron chi connectivity index (χ1n) is 9.30. The number of para-hydroxylation sites is 1. The van der Waals surface area contributed by atoms with Crippen LogP contribution in [-0.2, 0) is 0 Å². The summed E-state index contributed by atoms with van der Waals surface area (Å²) in [5.41, 5.74) is 2.92. The second-order valence-electron chi connectivity index (χ2n) is 6.66. The molecule has 0 fully saturated rings. The van der Waals surface area contributed by atoms with Crippen molar-refractivity contribution in [1.29, 1.82) is 0 Å². The number of hydrogen-bond acceptors (Lipinski definition) is 8. The molecule has 31 heavy (non-hydrogen) atoms. The van der Waals surface area contributed by atoms with Crippen molar-refractivity contribution in [2.75, 3.05) is 12.4 Å². The van der Waals surface area contributed by atoms with Crippen LogP contribution in [0.1, 0.15) is 12.0 Å². The fourth-order valence-electron chi connectivity index (χ4n) is 3.26. The summed E-state index contributed by atoms with van der Waals surface area (Å²) in [7, 11) is 1.46. The topological polar surface area (TPSA) is 123 Å². The Morgan fingerprint density at radius 2 is 1.87 bits per heavy atom. The molecule has 1 aliphatic heterocycles. The van der Waals surface area contributed by atoms with Crippen LogP contribution < -0.4 is 14.8 Å². The van der Waals surface area contributed by atoms with Gasteiger partial charge in [-0.25, -0.2) is 5.21 Å². The molecule has 0 saturated carbocycles. The average Bonchev–Trinajstić information content (AvgIpc) is 3.23. The molecule has 10 heteroatoms. The minimum atomic E-state index is -0.689. The number of anilines is 1. The normalized spacial score (nSPS) is 14.4. The van der Waals surface area contributed by atoms with Crippen molar-refractivity contribution in [3.63, 3.8) is 0 Å². The molecule has 1 aliphatic rings. The second-order valence-corrected chi connectivity index (χ2v) is 6.66. The van der Waals surface area contributed by atoms with Gasteiger partial charge in [-0.1, -0.05) is 23.3 Å². The van der Waals surface area contributed by atoms with Crippen molar-refractivity contribution in [2.45, 2.75) is 6.23 Å². The Morgan fingerprint density at radius 1 is 1.06 bits per heavy atom. The Balaban J connectivity index is 1.52. The van der Waals surface area contributed by atoms with Crippen LogP contribution in [0.5, 0.6) is 11.9 Å². The molecular formula is C21H16N5O5+. The van der Waals surface area contributed by atoms with E-state index in [2.05, 4.69) is 20.5 Å². The summed E-state index contributed by atoms with van der Waals surface area (Å²) in [4.78, 5) is 15.1. The predicted octanol–water partition coefficient (Wildman–Crippen LogP) is 4.11. The van der Waals surface area contributed by atoms with E-state index in [1.165, 1.54) is 19.2 Å². The number of furan rings is 1. The summed E-state index contributed by atoms with van der Waals surface area (Å²) in [6.45, 7) is 0. The van der Waals surface area contributed by atoms with Crippen molar-refractivity contribution in [1.82, 2.24) is 15.2 Å². The first-order valence-corrected chi connectivity index (χ1v) is 9.30. The number of methoxy groups -OCH3 is 1. The number of fused-ring (bicyclic) bond motifs is 3. The Kier molecular flexibility index (Phi) is 4.43. The van der Waals surface area contributed by atoms with Gasteiger partial charge in [-0.15, -0.1) is 5.10 Å². The molecule has 0 aliphatic carbocycles. The fourth-order valence-corrected chi connectivity index (χ4v) is 3.26. The third-order valence-electron chi connectivity index (χ3n) is 4.77. The Bertz CT molecular complexity index is 1270. The van der Waals surface area contributed by atoms with Crippen LogP contribution in [0.15, 0.2) is 65.1 Å². The van der Waals surface area contributed by atoms with Crippen molar-refractivity contribution in [3.05, 3.63) is 71.3 Å². The summed E-state index contributed by atoms with van der Waals surface area (Å²) < 4.78 is 17.2. The molecule has 154 valence electrons. The highest BCUT2D eigenvalue weighted by atomic mass is 16.6. The van der Waals surface area contributed by atoms with Gasteiger partial charge in [0.15, 0.2) is 11.5 Å². The third kappa shape index (κ3) is 3.39. The molecule has 2 aromatic carbocycles. The fraction of sp³-hybridized carbons (Fsp3) is 0.0952. The number of benzene rings is 2. The first-order chi connectivity index (χ1) is 15.1. The minimum Gasteiger partial charge on any atom is -0.466 e. The molecule has 1 unspecified atom stereocenters. The van der Waals surface area contributed by atoms with Gasteiger partial charge in [-0.3, -0.25) is 0 Å².